The van der Waals surface area contributed by atoms with Crippen molar-refractivity contribution in [3.8, 4) is 0 Å². The van der Waals surface area contributed by atoms with E-state index in [1.165, 1.54) is 25.2 Å². The highest BCUT2D eigenvalue weighted by Crippen LogP contribution is 2.08. The molecule has 0 saturated carbocycles. The molecule has 0 radical (unpaired) electrons. The van der Waals surface area contributed by atoms with Crippen LogP contribution in [-0.2, 0) is 4.79 Å². The van der Waals surface area contributed by atoms with Crippen LogP contribution in [0.15, 0.2) is 23.8 Å². The summed E-state index contributed by atoms with van der Waals surface area (Å²) in [4.78, 5) is 10.4. The van der Waals surface area contributed by atoms with E-state index in [-0.39, 0.29) is 18.0 Å². The second kappa shape index (κ2) is 6.34. The highest BCUT2D eigenvalue weighted by Gasteiger charge is 2.04. The van der Waals surface area contributed by atoms with Crippen molar-refractivity contribution < 1.29 is 13.6 Å². The molecule has 0 aliphatic carbocycles. The zero-order valence-electron chi connectivity index (χ0n) is 7.68. The molecule has 0 atom stereocenters. The van der Waals surface area contributed by atoms with E-state index in [4.69, 9.17) is 0 Å². The molecule has 0 unspecified atom stereocenters. The summed E-state index contributed by atoms with van der Waals surface area (Å²) in [5.41, 5.74) is -0.0367. The zero-order valence-corrected chi connectivity index (χ0v) is 7.68. The maximum atomic E-state index is 12.1. The first kappa shape index (κ1) is 11.8. The summed E-state index contributed by atoms with van der Waals surface area (Å²) >= 11 is 0. The molecule has 0 aliphatic rings. The molecule has 0 bridgehead atoms. The Bertz CT molecular complexity index is 222. The molecule has 0 aliphatic heterocycles. The van der Waals surface area contributed by atoms with E-state index in [1.54, 1.807) is 6.92 Å². The van der Waals surface area contributed by atoms with Gasteiger partial charge in [0.05, 0.1) is 0 Å². The molecule has 1 amide bonds. The standard InChI is InChI=1S/C9H13F2NO/c1-3-8(9(10)11)5-4-6-12-7(2)13/h3-5,9H,6H2,1-2H3,(H,12,13)/b5-4-,8-3+. The smallest absolute Gasteiger partial charge is 0.263 e. The number of nitrogens with one attached hydrogen (secondary N) is 1. The van der Waals surface area contributed by atoms with E-state index >= 15 is 0 Å². The summed E-state index contributed by atoms with van der Waals surface area (Å²) in [6.07, 6.45) is 1.68. The van der Waals surface area contributed by atoms with Gasteiger partial charge in [-0.2, -0.15) is 0 Å². The van der Waals surface area contributed by atoms with Crippen molar-refractivity contribution in [3.05, 3.63) is 23.8 Å². The molecule has 0 fully saturated rings. The van der Waals surface area contributed by atoms with Crippen molar-refractivity contribution in [2.75, 3.05) is 6.54 Å². The van der Waals surface area contributed by atoms with Crippen molar-refractivity contribution >= 4 is 5.91 Å². The van der Waals surface area contributed by atoms with Crippen LogP contribution in [0.2, 0.25) is 0 Å². The van der Waals surface area contributed by atoms with Gasteiger partial charge in [-0.3, -0.25) is 4.79 Å². The number of carbonyl (C=O) groups is 1. The lowest BCUT2D eigenvalue weighted by molar-refractivity contribution is -0.118. The Morgan fingerprint density at radius 3 is 2.54 bits per heavy atom. The summed E-state index contributed by atoms with van der Waals surface area (Å²) in [5, 5.41) is 2.47. The van der Waals surface area contributed by atoms with E-state index < -0.39 is 6.43 Å². The lowest BCUT2D eigenvalue weighted by Gasteiger charge is -1.98. The minimum absolute atomic E-state index is 0.0367. The van der Waals surface area contributed by atoms with Gasteiger partial charge in [0.1, 0.15) is 0 Å². The molecule has 74 valence electrons. The predicted molar refractivity (Wildman–Crippen MR) is 47.6 cm³/mol. The van der Waals surface area contributed by atoms with Crippen LogP contribution in [0.5, 0.6) is 0 Å². The first-order valence-corrected chi connectivity index (χ1v) is 3.93. The number of hydrogen-bond acceptors (Lipinski definition) is 1. The molecule has 4 heteroatoms. The van der Waals surface area contributed by atoms with Gasteiger partial charge in [0.2, 0.25) is 5.91 Å². The van der Waals surface area contributed by atoms with Gasteiger partial charge in [0.25, 0.3) is 6.43 Å². The second-order valence-corrected chi connectivity index (χ2v) is 2.43. The van der Waals surface area contributed by atoms with Gasteiger partial charge >= 0.3 is 0 Å². The Balaban J connectivity index is 3.89. The number of allylic oxidation sites excluding steroid dienone is 3. The maximum Gasteiger partial charge on any atom is 0.263 e. The number of carbonyl (C=O) groups excluding carboxylic acids is 1. The third-order valence-corrected chi connectivity index (χ3v) is 1.36. The van der Waals surface area contributed by atoms with Crippen LogP contribution in [0.25, 0.3) is 0 Å². The van der Waals surface area contributed by atoms with Crippen molar-refractivity contribution in [1.82, 2.24) is 5.32 Å². The molecule has 0 aromatic carbocycles. The fourth-order valence-corrected chi connectivity index (χ4v) is 0.693. The van der Waals surface area contributed by atoms with Gasteiger partial charge < -0.3 is 5.32 Å². The average Bonchev–Trinajstić information content (AvgIpc) is 2.03. The van der Waals surface area contributed by atoms with Crippen LogP contribution in [0.1, 0.15) is 13.8 Å². The van der Waals surface area contributed by atoms with Gasteiger partial charge in [0.15, 0.2) is 0 Å². The third kappa shape index (κ3) is 6.02. The van der Waals surface area contributed by atoms with E-state index in [1.807, 2.05) is 0 Å². The lowest BCUT2D eigenvalue weighted by Crippen LogP contribution is -2.19. The number of rotatable bonds is 4. The van der Waals surface area contributed by atoms with Crippen molar-refractivity contribution in [1.29, 1.82) is 0 Å². The summed E-state index contributed by atoms with van der Waals surface area (Å²) in [7, 11) is 0. The molecule has 0 aromatic rings. The fraction of sp³-hybridized carbons (Fsp3) is 0.444. The summed E-state index contributed by atoms with van der Waals surface area (Å²) in [5.74, 6) is -0.177. The Morgan fingerprint density at radius 1 is 1.54 bits per heavy atom. The van der Waals surface area contributed by atoms with E-state index in [2.05, 4.69) is 5.32 Å². The van der Waals surface area contributed by atoms with E-state index in [0.29, 0.717) is 0 Å². The summed E-state index contributed by atoms with van der Waals surface area (Å²) < 4.78 is 24.2. The monoisotopic (exact) mass is 189 g/mol. The maximum absolute atomic E-state index is 12.1. The molecular weight excluding hydrogens is 176 g/mol. The first-order valence-electron chi connectivity index (χ1n) is 3.93. The lowest BCUT2D eigenvalue weighted by atomic mass is 10.2. The zero-order chi connectivity index (χ0) is 10.3. The minimum Gasteiger partial charge on any atom is -0.353 e. The minimum atomic E-state index is -2.46. The van der Waals surface area contributed by atoms with Crippen LogP contribution >= 0.6 is 0 Å². The Morgan fingerprint density at radius 2 is 2.15 bits per heavy atom. The summed E-state index contributed by atoms with van der Waals surface area (Å²) in [6.45, 7) is 3.20. The van der Waals surface area contributed by atoms with Crippen LogP contribution in [0, 0.1) is 0 Å². The van der Waals surface area contributed by atoms with Gasteiger partial charge in [-0.1, -0.05) is 18.2 Å². The molecule has 0 rings (SSSR count). The number of hydrogen-bond donors (Lipinski definition) is 1. The van der Waals surface area contributed by atoms with Gasteiger partial charge in [-0.25, -0.2) is 8.78 Å². The first-order chi connectivity index (χ1) is 6.07. The number of alkyl halides is 2. The van der Waals surface area contributed by atoms with Crippen LogP contribution in [0.4, 0.5) is 8.78 Å². The topological polar surface area (TPSA) is 29.1 Å². The SMILES string of the molecule is C/C=C(\C=C/CNC(C)=O)C(F)F. The highest BCUT2D eigenvalue weighted by molar-refractivity contribution is 5.72. The second-order valence-electron chi connectivity index (χ2n) is 2.43. The molecule has 0 saturated heterocycles. The normalized spacial score (nSPS) is 12.5. The summed E-state index contributed by atoms with van der Waals surface area (Å²) in [6, 6.07) is 0. The molecule has 0 heterocycles. The van der Waals surface area contributed by atoms with Gasteiger partial charge in [0, 0.05) is 19.0 Å². The largest absolute Gasteiger partial charge is 0.353 e. The Labute approximate surface area is 76.3 Å². The number of amides is 1. The molecule has 0 aromatic heterocycles. The average molecular weight is 189 g/mol. The molecule has 1 N–H and O–H groups in total. The molecular formula is C9H13F2NO. The van der Waals surface area contributed by atoms with Crippen molar-refractivity contribution in [2.24, 2.45) is 0 Å². The molecule has 13 heavy (non-hydrogen) atoms. The Hall–Kier alpha value is -1.19. The van der Waals surface area contributed by atoms with Crippen molar-refractivity contribution in [2.45, 2.75) is 20.3 Å². The van der Waals surface area contributed by atoms with Gasteiger partial charge in [-0.15, -0.1) is 0 Å². The third-order valence-electron chi connectivity index (χ3n) is 1.36. The molecule has 0 spiro atoms. The quantitative estimate of drug-likeness (QED) is 0.672. The van der Waals surface area contributed by atoms with Crippen LogP contribution in [-0.4, -0.2) is 18.9 Å². The predicted octanol–water partition coefficient (Wildman–Crippen LogP) is 1.89. The van der Waals surface area contributed by atoms with Crippen LogP contribution < -0.4 is 5.32 Å². The number of halogens is 2. The molecule has 2 nitrogen and oxygen atoms in total. The van der Waals surface area contributed by atoms with Gasteiger partial charge in [-0.05, 0) is 6.92 Å². The Kier molecular flexibility index (Phi) is 5.76. The fourth-order valence-electron chi connectivity index (χ4n) is 0.693. The highest BCUT2D eigenvalue weighted by atomic mass is 19.3. The van der Waals surface area contributed by atoms with Crippen LogP contribution in [0.3, 0.4) is 0 Å². The van der Waals surface area contributed by atoms with E-state index in [9.17, 15) is 13.6 Å². The van der Waals surface area contributed by atoms with Crippen molar-refractivity contribution in [3.63, 3.8) is 0 Å². The van der Waals surface area contributed by atoms with E-state index in [0.717, 1.165) is 0 Å².